The monoisotopic (exact) mass is 496 g/mol. The highest BCUT2D eigenvalue weighted by Crippen LogP contribution is 2.58. The molecule has 0 spiro atoms. The summed E-state index contributed by atoms with van der Waals surface area (Å²) >= 11 is 1.08. The number of benzene rings is 1. The minimum atomic E-state index is -5.54. The van der Waals surface area contributed by atoms with Gasteiger partial charge in [-0.1, -0.05) is 6.07 Å². The molecule has 13 heteroatoms. The zero-order valence-electron chi connectivity index (χ0n) is 17.2. The number of carbonyl (C=O) groups excluding carboxylic acids is 2. The van der Waals surface area contributed by atoms with E-state index in [1.165, 1.54) is 13.0 Å². The number of ether oxygens (including phenoxy) is 1. The lowest BCUT2D eigenvalue weighted by molar-refractivity contribution is -0.284. The number of nitrogens with one attached hydrogen (secondary N) is 1. The Hall–Kier alpha value is -2.54. The molecular formula is C20H18F6N2O4S. The molecule has 0 fully saturated rings. The normalized spacial score (nSPS) is 22.7. The fraction of sp³-hybridized carbons (Fsp3) is 0.450. The van der Waals surface area contributed by atoms with E-state index in [0.717, 1.165) is 24.0 Å². The van der Waals surface area contributed by atoms with Crippen LogP contribution in [-0.2, 0) is 15.1 Å². The van der Waals surface area contributed by atoms with E-state index in [2.05, 4.69) is 10.3 Å². The third-order valence-corrected chi connectivity index (χ3v) is 6.07. The first-order chi connectivity index (χ1) is 15.3. The fourth-order valence-electron chi connectivity index (χ4n) is 3.98. The number of halogens is 6. The average Bonchev–Trinajstić information content (AvgIpc) is 3.01. The van der Waals surface area contributed by atoms with Crippen LogP contribution in [0.15, 0.2) is 24.4 Å². The molecule has 2 N–H and O–H groups in total. The third kappa shape index (κ3) is 3.70. The van der Waals surface area contributed by atoms with E-state index in [0.29, 0.717) is 6.07 Å². The maximum Gasteiger partial charge on any atom is 0.454 e. The van der Waals surface area contributed by atoms with Gasteiger partial charge in [0.05, 0.1) is 17.8 Å². The lowest BCUT2D eigenvalue weighted by Gasteiger charge is -2.41. The van der Waals surface area contributed by atoms with Gasteiger partial charge in [-0.3, -0.25) is 9.78 Å². The van der Waals surface area contributed by atoms with Crippen molar-refractivity contribution in [2.24, 2.45) is 0 Å². The number of pyridine rings is 1. The molecule has 0 saturated heterocycles. The Morgan fingerprint density at radius 1 is 1.24 bits per heavy atom. The van der Waals surface area contributed by atoms with Crippen molar-refractivity contribution in [3.63, 3.8) is 0 Å². The fourth-order valence-corrected chi connectivity index (χ4v) is 4.49. The minimum absolute atomic E-state index is 0.0438. The molecule has 2 atom stereocenters. The number of hydrogen-bond acceptors (Lipinski definition) is 7. The van der Waals surface area contributed by atoms with Crippen molar-refractivity contribution in [1.82, 2.24) is 4.98 Å². The summed E-state index contributed by atoms with van der Waals surface area (Å²) in [5.74, 6) is -3.90. The van der Waals surface area contributed by atoms with E-state index in [4.69, 9.17) is 4.74 Å². The predicted molar refractivity (Wildman–Crippen MR) is 108 cm³/mol. The van der Waals surface area contributed by atoms with Gasteiger partial charge in [-0.2, -0.15) is 38.1 Å². The molecule has 1 aliphatic heterocycles. The second-order valence-electron chi connectivity index (χ2n) is 7.27. The Morgan fingerprint density at radius 2 is 1.91 bits per heavy atom. The molecule has 0 radical (unpaired) electrons. The number of ketones is 1. The number of esters is 1. The van der Waals surface area contributed by atoms with Crippen LogP contribution in [0.2, 0.25) is 0 Å². The summed E-state index contributed by atoms with van der Waals surface area (Å²) < 4.78 is 88.0. The molecule has 0 saturated carbocycles. The van der Waals surface area contributed by atoms with Gasteiger partial charge in [0.2, 0.25) is 5.60 Å². The van der Waals surface area contributed by atoms with Gasteiger partial charge < -0.3 is 15.2 Å². The molecule has 2 aromatic rings. The summed E-state index contributed by atoms with van der Waals surface area (Å²) in [5.41, 5.74) is -10.00. The molecule has 3 rings (SSSR count). The molecule has 33 heavy (non-hydrogen) atoms. The first-order valence-corrected chi connectivity index (χ1v) is 10.9. The van der Waals surface area contributed by atoms with Crippen LogP contribution in [0.25, 0.3) is 10.9 Å². The molecule has 2 heterocycles. The predicted octanol–water partition coefficient (Wildman–Crippen LogP) is 4.21. The molecule has 0 amide bonds. The topological polar surface area (TPSA) is 88.5 Å². The van der Waals surface area contributed by atoms with Crippen LogP contribution in [-0.4, -0.2) is 58.4 Å². The SMILES string of the molecule is CCOC(=O)[C@]1(CCSC)Nc2c(cc(C(=O)C(F)(F)F)c3cccnc23)C1(O)C(F)(F)F. The molecule has 0 aliphatic carbocycles. The lowest BCUT2D eigenvalue weighted by Crippen LogP contribution is -2.65. The van der Waals surface area contributed by atoms with Gasteiger partial charge in [0, 0.05) is 22.7 Å². The third-order valence-electron chi connectivity index (χ3n) is 5.46. The quantitative estimate of drug-likeness (QED) is 0.352. The number of hydrogen-bond donors (Lipinski definition) is 2. The summed E-state index contributed by atoms with van der Waals surface area (Å²) in [6, 6.07) is 2.62. The second-order valence-corrected chi connectivity index (χ2v) is 8.26. The van der Waals surface area contributed by atoms with E-state index >= 15 is 0 Å². The summed E-state index contributed by atoms with van der Waals surface area (Å²) in [4.78, 5) is 28.8. The highest BCUT2D eigenvalue weighted by molar-refractivity contribution is 7.98. The van der Waals surface area contributed by atoms with Gasteiger partial charge in [-0.05, 0) is 37.5 Å². The van der Waals surface area contributed by atoms with Crippen molar-refractivity contribution in [3.05, 3.63) is 35.5 Å². The maximum atomic E-state index is 14.5. The number of anilines is 1. The molecule has 1 aromatic carbocycles. The molecule has 1 unspecified atom stereocenters. The summed E-state index contributed by atoms with van der Waals surface area (Å²) in [7, 11) is 0. The molecule has 0 bridgehead atoms. The van der Waals surface area contributed by atoms with Crippen molar-refractivity contribution in [2.75, 3.05) is 23.9 Å². The summed E-state index contributed by atoms with van der Waals surface area (Å²) in [5, 5.41) is 13.2. The Bertz CT molecular complexity index is 1110. The maximum absolute atomic E-state index is 14.5. The van der Waals surface area contributed by atoms with E-state index in [1.54, 1.807) is 6.26 Å². The largest absolute Gasteiger partial charge is 0.464 e. The Balaban J connectivity index is 2.45. The zero-order valence-corrected chi connectivity index (χ0v) is 18.0. The molecular weight excluding hydrogens is 478 g/mol. The van der Waals surface area contributed by atoms with Crippen molar-refractivity contribution in [3.8, 4) is 0 Å². The number of thioether (sulfide) groups is 1. The number of carbonyl (C=O) groups is 2. The molecule has 1 aliphatic rings. The second kappa shape index (κ2) is 8.35. The lowest BCUT2D eigenvalue weighted by atomic mass is 9.75. The van der Waals surface area contributed by atoms with Crippen LogP contribution in [0.5, 0.6) is 0 Å². The zero-order chi connectivity index (χ0) is 24.8. The van der Waals surface area contributed by atoms with E-state index in [1.807, 2.05) is 0 Å². The molecule has 6 nitrogen and oxygen atoms in total. The van der Waals surface area contributed by atoms with Gasteiger partial charge >= 0.3 is 18.3 Å². The van der Waals surface area contributed by atoms with Gasteiger partial charge in [0.1, 0.15) is 0 Å². The first kappa shape index (κ1) is 25.1. The van der Waals surface area contributed by atoms with Crippen molar-refractivity contribution in [2.45, 2.75) is 36.8 Å². The average molecular weight is 496 g/mol. The van der Waals surface area contributed by atoms with Gasteiger partial charge in [-0.15, -0.1) is 0 Å². The number of aromatic nitrogens is 1. The molecule has 1 aromatic heterocycles. The highest BCUT2D eigenvalue weighted by Gasteiger charge is 2.75. The number of fused-ring (bicyclic) bond motifs is 3. The van der Waals surface area contributed by atoms with Crippen LogP contribution in [0.1, 0.15) is 29.3 Å². The van der Waals surface area contributed by atoms with Crippen LogP contribution >= 0.6 is 11.8 Å². The number of alkyl halides is 6. The van der Waals surface area contributed by atoms with Crippen molar-refractivity contribution < 1.29 is 45.8 Å². The van der Waals surface area contributed by atoms with Gasteiger partial charge in [0.25, 0.3) is 5.78 Å². The molecule has 180 valence electrons. The van der Waals surface area contributed by atoms with Crippen LogP contribution in [0.4, 0.5) is 32.0 Å². The Kier molecular flexibility index (Phi) is 6.35. The summed E-state index contributed by atoms with van der Waals surface area (Å²) in [6.07, 6.45) is -8.88. The number of aliphatic hydroxyl groups is 1. The smallest absolute Gasteiger partial charge is 0.454 e. The van der Waals surface area contributed by atoms with Crippen molar-refractivity contribution >= 4 is 40.1 Å². The number of nitrogens with zero attached hydrogens (tertiary/aromatic N) is 1. The van der Waals surface area contributed by atoms with Crippen LogP contribution < -0.4 is 5.32 Å². The van der Waals surface area contributed by atoms with Gasteiger partial charge in [-0.25, -0.2) is 4.79 Å². The summed E-state index contributed by atoms with van der Waals surface area (Å²) in [6.45, 7) is 1.04. The standard InChI is InChI=1S/C20H18F6N2O4S/c1-3-32-16(30)17(6-8-33-2)18(31,20(24,25)26)12-9-11(15(29)19(21,22)23)10-5-4-7-27-13(10)14(12)28-17/h4-5,7,9,28,31H,3,6,8H2,1-2H3/t17-,18?/m0/s1. The van der Waals surface area contributed by atoms with Crippen LogP contribution in [0.3, 0.4) is 0 Å². The van der Waals surface area contributed by atoms with Crippen molar-refractivity contribution in [1.29, 1.82) is 0 Å². The van der Waals surface area contributed by atoms with Crippen LogP contribution in [0, 0.1) is 0 Å². The van der Waals surface area contributed by atoms with Gasteiger partial charge in [0.15, 0.2) is 5.54 Å². The van der Waals surface area contributed by atoms with E-state index in [-0.39, 0.29) is 17.7 Å². The Morgan fingerprint density at radius 3 is 2.45 bits per heavy atom. The van der Waals surface area contributed by atoms with E-state index in [9.17, 15) is 41.0 Å². The Labute approximate surface area is 187 Å². The number of Topliss-reactive ketones (excluding diaryl/α,β-unsaturated/α-hetero) is 1. The van der Waals surface area contributed by atoms with E-state index < -0.39 is 64.0 Å². The first-order valence-electron chi connectivity index (χ1n) is 9.53. The highest BCUT2D eigenvalue weighted by atomic mass is 32.2. The number of rotatable bonds is 6. The minimum Gasteiger partial charge on any atom is -0.464 e.